The third-order valence-electron chi connectivity index (χ3n) is 5.87. The number of rotatable bonds is 3. The van der Waals surface area contributed by atoms with Gasteiger partial charge >= 0.3 is 0 Å². The Morgan fingerprint density at radius 1 is 0.938 bits per heavy atom. The van der Waals surface area contributed by atoms with Crippen molar-refractivity contribution < 1.29 is 15.0 Å². The lowest BCUT2D eigenvalue weighted by atomic mass is 9.97. The van der Waals surface area contributed by atoms with Crippen LogP contribution >= 0.6 is 0 Å². The molecule has 0 fully saturated rings. The maximum Gasteiger partial charge on any atom is 0.280 e. The number of para-hydroxylation sites is 1. The van der Waals surface area contributed by atoms with E-state index >= 15 is 0 Å². The summed E-state index contributed by atoms with van der Waals surface area (Å²) in [7, 11) is 0. The van der Waals surface area contributed by atoms with Gasteiger partial charge in [0.15, 0.2) is 11.5 Å². The lowest BCUT2D eigenvalue weighted by Gasteiger charge is -2.31. The molecule has 0 unspecified atom stereocenters. The standard InChI is InChI=1S/C26H23N3O3/c1-17-22(26(32)29(27-17)20-7-3-2-4-8-20)15-18-9-11-23-19(14-18)6-5-13-28(23)21-10-12-24(30)25(31)16-21/h2-4,7-12,14-16,30-31H,5-6,13H2,1H3/b22-15-. The molecule has 0 aliphatic carbocycles. The molecule has 0 saturated heterocycles. The molecule has 32 heavy (non-hydrogen) atoms. The number of fused-ring (bicyclic) bond motifs is 1. The van der Waals surface area contributed by atoms with Gasteiger partial charge in [-0.15, -0.1) is 0 Å². The molecule has 1 amide bonds. The van der Waals surface area contributed by atoms with Gasteiger partial charge in [-0.25, -0.2) is 0 Å². The summed E-state index contributed by atoms with van der Waals surface area (Å²) in [5, 5.41) is 25.4. The van der Waals surface area contributed by atoms with E-state index in [4.69, 9.17) is 0 Å². The first kappa shape index (κ1) is 19.9. The predicted molar refractivity (Wildman–Crippen MR) is 127 cm³/mol. The number of carbonyl (C=O) groups excluding carboxylic acids is 1. The van der Waals surface area contributed by atoms with Crippen molar-refractivity contribution in [2.45, 2.75) is 19.8 Å². The molecule has 5 rings (SSSR count). The number of benzene rings is 3. The maximum absolute atomic E-state index is 13.0. The molecule has 0 saturated carbocycles. The van der Waals surface area contributed by atoms with Gasteiger partial charge in [0, 0.05) is 24.0 Å². The molecular weight excluding hydrogens is 402 g/mol. The SMILES string of the molecule is CC1=NN(c2ccccc2)C(=O)/C1=C\c1ccc2c(c1)CCCN2c1ccc(O)c(O)c1. The molecule has 3 aromatic rings. The van der Waals surface area contributed by atoms with Gasteiger partial charge in [-0.3, -0.25) is 4.79 Å². The van der Waals surface area contributed by atoms with Crippen molar-refractivity contribution in [3.63, 3.8) is 0 Å². The minimum absolute atomic E-state index is 0.129. The van der Waals surface area contributed by atoms with Gasteiger partial charge < -0.3 is 15.1 Å². The van der Waals surface area contributed by atoms with Crippen molar-refractivity contribution in [2.24, 2.45) is 5.10 Å². The van der Waals surface area contributed by atoms with Crippen molar-refractivity contribution in [2.75, 3.05) is 16.5 Å². The van der Waals surface area contributed by atoms with Crippen molar-refractivity contribution in [1.29, 1.82) is 0 Å². The summed E-state index contributed by atoms with van der Waals surface area (Å²) in [4.78, 5) is 15.1. The highest BCUT2D eigenvalue weighted by molar-refractivity contribution is 6.32. The molecule has 3 aromatic carbocycles. The monoisotopic (exact) mass is 425 g/mol. The Balaban J connectivity index is 1.45. The van der Waals surface area contributed by atoms with Gasteiger partial charge in [-0.2, -0.15) is 10.1 Å². The number of carbonyl (C=O) groups is 1. The first-order valence-electron chi connectivity index (χ1n) is 10.6. The third-order valence-corrected chi connectivity index (χ3v) is 5.87. The Labute approximate surface area is 186 Å². The number of hydrogen-bond donors (Lipinski definition) is 2. The van der Waals surface area contributed by atoms with Gasteiger partial charge in [0.2, 0.25) is 0 Å². The second-order valence-electron chi connectivity index (χ2n) is 8.01. The third kappa shape index (κ3) is 3.50. The summed E-state index contributed by atoms with van der Waals surface area (Å²) in [5.74, 6) is -0.392. The fraction of sp³-hybridized carbons (Fsp3) is 0.154. The number of hydrogen-bond acceptors (Lipinski definition) is 5. The highest BCUT2D eigenvalue weighted by Crippen LogP contribution is 2.38. The minimum Gasteiger partial charge on any atom is -0.504 e. The minimum atomic E-state index is -0.132. The van der Waals surface area contributed by atoms with E-state index in [1.165, 1.54) is 16.6 Å². The van der Waals surface area contributed by atoms with E-state index in [2.05, 4.69) is 16.1 Å². The number of anilines is 3. The van der Waals surface area contributed by atoms with Crippen molar-refractivity contribution in [1.82, 2.24) is 0 Å². The van der Waals surface area contributed by atoms with E-state index in [1.54, 1.807) is 12.1 Å². The fourth-order valence-electron chi connectivity index (χ4n) is 4.25. The van der Waals surface area contributed by atoms with Gasteiger partial charge in [0.1, 0.15) is 0 Å². The fourth-order valence-corrected chi connectivity index (χ4v) is 4.25. The molecule has 0 atom stereocenters. The number of aryl methyl sites for hydroxylation is 1. The zero-order chi connectivity index (χ0) is 22.2. The number of nitrogens with zero attached hydrogens (tertiary/aromatic N) is 3. The molecule has 2 heterocycles. The lowest BCUT2D eigenvalue weighted by Crippen LogP contribution is -2.24. The molecule has 2 N–H and O–H groups in total. The molecule has 0 radical (unpaired) electrons. The van der Waals surface area contributed by atoms with Crippen LogP contribution in [0.2, 0.25) is 0 Å². The van der Waals surface area contributed by atoms with Crippen LogP contribution in [-0.4, -0.2) is 28.4 Å². The quantitative estimate of drug-likeness (QED) is 0.458. The largest absolute Gasteiger partial charge is 0.504 e. The second kappa shape index (κ2) is 7.89. The number of amides is 1. The van der Waals surface area contributed by atoms with Gasteiger partial charge in [-0.1, -0.05) is 24.3 Å². The molecule has 0 aromatic heterocycles. The molecule has 2 aliphatic heterocycles. The van der Waals surface area contributed by atoms with Crippen LogP contribution in [0.15, 0.2) is 77.4 Å². The smallest absolute Gasteiger partial charge is 0.280 e. The molecule has 0 spiro atoms. The van der Waals surface area contributed by atoms with Crippen molar-refractivity contribution in [3.8, 4) is 11.5 Å². The normalized spacial score (nSPS) is 17.0. The zero-order valence-electron chi connectivity index (χ0n) is 17.7. The molecule has 6 heteroatoms. The summed E-state index contributed by atoms with van der Waals surface area (Å²) in [6.07, 6.45) is 3.80. The van der Waals surface area contributed by atoms with Gasteiger partial charge in [-0.05, 0) is 73.4 Å². The van der Waals surface area contributed by atoms with Crippen LogP contribution in [0.25, 0.3) is 6.08 Å². The summed E-state index contributed by atoms with van der Waals surface area (Å²) in [5.41, 5.74) is 6.06. The van der Waals surface area contributed by atoms with E-state index < -0.39 is 0 Å². The number of hydrazone groups is 1. The highest BCUT2D eigenvalue weighted by Gasteiger charge is 2.28. The summed E-state index contributed by atoms with van der Waals surface area (Å²) < 4.78 is 0. The number of phenols is 2. The zero-order valence-corrected chi connectivity index (χ0v) is 17.7. The molecule has 160 valence electrons. The number of aromatic hydroxyl groups is 2. The van der Waals surface area contributed by atoms with E-state index in [0.29, 0.717) is 11.3 Å². The van der Waals surface area contributed by atoms with Gasteiger partial charge in [0.05, 0.1) is 17.0 Å². The average molecular weight is 425 g/mol. The average Bonchev–Trinajstić information content (AvgIpc) is 3.09. The Morgan fingerprint density at radius 2 is 1.75 bits per heavy atom. The molecule has 0 bridgehead atoms. The Hall–Kier alpha value is -4.06. The van der Waals surface area contributed by atoms with Crippen LogP contribution in [0, 0.1) is 0 Å². The first-order valence-corrected chi connectivity index (χ1v) is 10.6. The Morgan fingerprint density at radius 3 is 2.53 bits per heavy atom. The van der Waals surface area contributed by atoms with Gasteiger partial charge in [0.25, 0.3) is 5.91 Å². The predicted octanol–water partition coefficient (Wildman–Crippen LogP) is 4.99. The maximum atomic E-state index is 13.0. The Kier molecular flexibility index (Phi) is 4.90. The summed E-state index contributed by atoms with van der Waals surface area (Å²) in [6, 6.07) is 20.5. The Bertz CT molecular complexity index is 1260. The van der Waals surface area contributed by atoms with E-state index in [0.717, 1.165) is 42.0 Å². The van der Waals surface area contributed by atoms with Crippen LogP contribution in [0.4, 0.5) is 17.1 Å². The molecule has 6 nitrogen and oxygen atoms in total. The van der Waals surface area contributed by atoms with Crippen LogP contribution in [-0.2, 0) is 11.2 Å². The van der Waals surface area contributed by atoms with Crippen LogP contribution in [0.3, 0.4) is 0 Å². The topological polar surface area (TPSA) is 76.4 Å². The van der Waals surface area contributed by atoms with E-state index in [1.807, 2.05) is 55.5 Å². The first-order chi connectivity index (χ1) is 15.5. The van der Waals surface area contributed by atoms with E-state index in [-0.39, 0.29) is 17.4 Å². The lowest BCUT2D eigenvalue weighted by molar-refractivity contribution is -0.114. The molecular formula is C26H23N3O3. The second-order valence-corrected chi connectivity index (χ2v) is 8.01. The van der Waals surface area contributed by atoms with Crippen molar-refractivity contribution >= 4 is 34.8 Å². The van der Waals surface area contributed by atoms with Crippen LogP contribution in [0.5, 0.6) is 11.5 Å². The summed E-state index contributed by atoms with van der Waals surface area (Å²) >= 11 is 0. The number of phenolic OH excluding ortho intramolecular Hbond substituents is 2. The summed E-state index contributed by atoms with van der Waals surface area (Å²) in [6.45, 7) is 2.68. The van der Waals surface area contributed by atoms with Crippen molar-refractivity contribution in [3.05, 3.63) is 83.4 Å². The molecule has 2 aliphatic rings. The van der Waals surface area contributed by atoms with E-state index in [9.17, 15) is 15.0 Å². The van der Waals surface area contributed by atoms with Crippen LogP contribution in [0.1, 0.15) is 24.5 Å². The van der Waals surface area contributed by atoms with Crippen LogP contribution < -0.4 is 9.91 Å². The highest BCUT2D eigenvalue weighted by atomic mass is 16.3.